The van der Waals surface area contributed by atoms with Gasteiger partial charge in [-0.3, -0.25) is 10.00 Å². The van der Waals surface area contributed by atoms with Crippen molar-refractivity contribution in [3.05, 3.63) is 30.0 Å². The van der Waals surface area contributed by atoms with Crippen LogP contribution in [-0.4, -0.2) is 41.4 Å². The van der Waals surface area contributed by atoms with Gasteiger partial charge in [0.05, 0.1) is 0 Å². The van der Waals surface area contributed by atoms with Gasteiger partial charge in [-0.2, -0.15) is 31.4 Å². The third kappa shape index (κ3) is 7.79. The molecule has 2 rings (SSSR count). The van der Waals surface area contributed by atoms with Crippen LogP contribution in [0.3, 0.4) is 0 Å². The van der Waals surface area contributed by atoms with Crippen molar-refractivity contribution < 1.29 is 40.6 Å². The lowest BCUT2D eigenvalue weighted by Gasteiger charge is -2.15. The van der Waals surface area contributed by atoms with Crippen LogP contribution in [0.2, 0.25) is 0 Å². The van der Waals surface area contributed by atoms with E-state index in [0.29, 0.717) is 0 Å². The van der Waals surface area contributed by atoms with Crippen molar-refractivity contribution in [2.45, 2.75) is 19.3 Å². The van der Waals surface area contributed by atoms with Gasteiger partial charge < -0.3 is 14.8 Å². The second-order valence-corrected chi connectivity index (χ2v) is 5.87. The number of hydrogen-bond donors (Lipinski definition) is 2. The molecule has 0 unspecified atom stereocenters. The molecule has 0 atom stereocenters. The number of hydrogen-bond acceptors (Lipinski definition) is 4. The van der Waals surface area contributed by atoms with Gasteiger partial charge in [-0.05, 0) is 6.92 Å². The topological polar surface area (TPSA) is 77.4 Å². The van der Waals surface area contributed by atoms with Crippen molar-refractivity contribution in [2.75, 3.05) is 23.8 Å². The van der Waals surface area contributed by atoms with Crippen LogP contribution in [0.1, 0.15) is 5.69 Å². The predicted octanol–water partition coefficient (Wildman–Crippen LogP) is 4.25. The maximum atomic E-state index is 12.3. The molecular weight excluding hydrogens is 410 g/mol. The first-order valence-corrected chi connectivity index (χ1v) is 7.93. The molecule has 2 aromatic rings. The largest absolute Gasteiger partial charge is 0.484 e. The first kappa shape index (κ1) is 22.2. The maximum absolute atomic E-state index is 12.3. The molecule has 160 valence electrons. The molecule has 2 amide bonds. The van der Waals surface area contributed by atoms with Gasteiger partial charge in [0, 0.05) is 42.7 Å². The summed E-state index contributed by atoms with van der Waals surface area (Å²) in [5.74, 6) is -0.683. The van der Waals surface area contributed by atoms with Crippen molar-refractivity contribution in [1.29, 1.82) is 0 Å². The summed E-state index contributed by atoms with van der Waals surface area (Å²) >= 11 is 0. The zero-order valence-electron chi connectivity index (χ0n) is 15.1. The Morgan fingerprint density at radius 1 is 0.966 bits per heavy atom. The van der Waals surface area contributed by atoms with Gasteiger partial charge in [0.1, 0.15) is 11.5 Å². The fourth-order valence-electron chi connectivity index (χ4n) is 2.04. The summed E-state index contributed by atoms with van der Waals surface area (Å²) in [6, 6.07) is 3.60. The number of urea groups is 1. The van der Waals surface area contributed by atoms with Crippen LogP contribution in [0.15, 0.2) is 24.3 Å². The smallest absolute Gasteiger partial charge is 0.422 e. The van der Waals surface area contributed by atoms with E-state index in [1.807, 2.05) is 0 Å². The number of alkyl halides is 6. The number of carbonyl (C=O) groups excluding carboxylic acids is 1. The molecule has 0 aliphatic heterocycles. The van der Waals surface area contributed by atoms with E-state index in [1.54, 1.807) is 20.0 Å². The summed E-state index contributed by atoms with van der Waals surface area (Å²) in [6.45, 7) is -1.61. The second-order valence-electron chi connectivity index (χ2n) is 5.87. The van der Waals surface area contributed by atoms with Crippen LogP contribution >= 0.6 is 0 Å². The summed E-state index contributed by atoms with van der Waals surface area (Å²) < 4.78 is 84.6. The van der Waals surface area contributed by atoms with E-state index in [0.717, 1.165) is 23.9 Å². The minimum Gasteiger partial charge on any atom is -0.484 e. The summed E-state index contributed by atoms with van der Waals surface area (Å²) in [4.78, 5) is 12.0. The number of benzene rings is 1. The molecule has 1 heterocycles. The minimum atomic E-state index is -4.66. The zero-order valence-corrected chi connectivity index (χ0v) is 15.1. The quantitative estimate of drug-likeness (QED) is 0.677. The van der Waals surface area contributed by atoms with Crippen LogP contribution in [-0.2, 0) is 7.05 Å². The average molecular weight is 426 g/mol. The number of amides is 2. The fraction of sp³-hybridized carbons (Fsp3) is 0.375. The summed E-state index contributed by atoms with van der Waals surface area (Å²) in [7, 11) is 1.64. The minimum absolute atomic E-state index is 0.146. The molecule has 7 nitrogen and oxygen atoms in total. The van der Waals surface area contributed by atoms with Gasteiger partial charge in [-0.15, -0.1) is 0 Å². The molecule has 2 N–H and O–H groups in total. The Morgan fingerprint density at radius 3 is 1.90 bits per heavy atom. The lowest BCUT2D eigenvalue weighted by molar-refractivity contribution is -0.153. The standard InChI is InChI=1S/C16H16F6N4O3/c1-9-3-13(25-26(9)2)24-14(27)23-10-4-11(28-7-15(17,18)19)6-12(5-10)29-8-16(20,21)22/h3-6H,7-8H2,1-2H3,(H2,23,24,25,27). The number of aromatic nitrogens is 2. The molecule has 0 saturated heterocycles. The highest BCUT2D eigenvalue weighted by atomic mass is 19.4. The van der Waals surface area contributed by atoms with Crippen molar-refractivity contribution >= 4 is 17.5 Å². The summed E-state index contributed by atoms with van der Waals surface area (Å²) in [6.07, 6.45) is -9.32. The highest BCUT2D eigenvalue weighted by molar-refractivity contribution is 5.99. The molecule has 1 aromatic carbocycles. The number of nitrogens with zero attached hydrogens (tertiary/aromatic N) is 2. The number of rotatable bonds is 6. The highest BCUT2D eigenvalue weighted by Gasteiger charge is 2.30. The highest BCUT2D eigenvalue weighted by Crippen LogP contribution is 2.29. The molecule has 0 bridgehead atoms. The van der Waals surface area contributed by atoms with Crippen molar-refractivity contribution in [2.24, 2.45) is 7.05 Å². The molecule has 0 radical (unpaired) electrons. The summed E-state index contributed by atoms with van der Waals surface area (Å²) in [5, 5.41) is 8.64. The first-order chi connectivity index (χ1) is 13.3. The molecule has 0 saturated carbocycles. The zero-order chi connectivity index (χ0) is 21.8. The van der Waals surface area contributed by atoms with Crippen LogP contribution in [0.5, 0.6) is 11.5 Å². The molecule has 0 spiro atoms. The van der Waals surface area contributed by atoms with Gasteiger partial charge in [0.25, 0.3) is 0 Å². The van der Waals surface area contributed by atoms with Crippen LogP contribution in [0.25, 0.3) is 0 Å². The molecule has 13 heteroatoms. The Hall–Kier alpha value is -3.12. The fourth-order valence-corrected chi connectivity index (χ4v) is 2.04. The van der Waals surface area contributed by atoms with E-state index < -0.39 is 43.1 Å². The van der Waals surface area contributed by atoms with Gasteiger partial charge in [0.2, 0.25) is 0 Å². The van der Waals surface area contributed by atoms with Gasteiger partial charge in [-0.25, -0.2) is 4.79 Å². The lowest BCUT2D eigenvalue weighted by atomic mass is 10.2. The third-order valence-corrected chi connectivity index (χ3v) is 3.30. The van der Waals surface area contributed by atoms with Crippen molar-refractivity contribution in [3.63, 3.8) is 0 Å². The molecular formula is C16H16F6N4O3. The Bertz CT molecular complexity index is 808. The number of halogens is 6. The normalized spacial score (nSPS) is 11.9. The second kappa shape index (κ2) is 8.49. The van der Waals surface area contributed by atoms with Gasteiger partial charge >= 0.3 is 18.4 Å². The average Bonchev–Trinajstić information content (AvgIpc) is 2.87. The SMILES string of the molecule is Cc1cc(NC(=O)Nc2cc(OCC(F)(F)F)cc(OCC(F)(F)F)c2)nn1C. The molecule has 0 aliphatic rings. The van der Waals surface area contributed by atoms with E-state index in [9.17, 15) is 31.1 Å². The van der Waals surface area contributed by atoms with E-state index >= 15 is 0 Å². The maximum Gasteiger partial charge on any atom is 0.422 e. The van der Waals surface area contributed by atoms with Crippen LogP contribution < -0.4 is 20.1 Å². The first-order valence-electron chi connectivity index (χ1n) is 7.93. The Morgan fingerprint density at radius 2 is 1.48 bits per heavy atom. The Labute approximate surface area is 160 Å². The monoisotopic (exact) mass is 426 g/mol. The van der Waals surface area contributed by atoms with Gasteiger partial charge in [0.15, 0.2) is 19.0 Å². The van der Waals surface area contributed by atoms with E-state index in [4.69, 9.17) is 0 Å². The van der Waals surface area contributed by atoms with Crippen LogP contribution in [0.4, 0.5) is 42.6 Å². The Kier molecular flexibility index (Phi) is 6.49. The number of carbonyl (C=O) groups is 1. The molecule has 1 aromatic heterocycles. The third-order valence-electron chi connectivity index (χ3n) is 3.30. The van der Waals surface area contributed by atoms with Crippen molar-refractivity contribution in [1.82, 2.24) is 9.78 Å². The van der Waals surface area contributed by atoms with Crippen molar-refractivity contribution in [3.8, 4) is 11.5 Å². The van der Waals surface area contributed by atoms with E-state index in [-0.39, 0.29) is 11.5 Å². The van der Waals surface area contributed by atoms with E-state index in [2.05, 4.69) is 25.2 Å². The Balaban J connectivity index is 2.15. The van der Waals surface area contributed by atoms with E-state index in [1.165, 1.54) is 4.68 Å². The molecule has 29 heavy (non-hydrogen) atoms. The molecule has 0 fully saturated rings. The number of aryl methyl sites for hydroxylation is 2. The summed E-state index contributed by atoms with van der Waals surface area (Å²) in [5.41, 5.74) is 0.595. The lowest BCUT2D eigenvalue weighted by Crippen LogP contribution is -2.22. The number of anilines is 2. The van der Waals surface area contributed by atoms with Crippen LogP contribution in [0, 0.1) is 6.92 Å². The van der Waals surface area contributed by atoms with Gasteiger partial charge in [-0.1, -0.05) is 0 Å². The number of nitrogens with one attached hydrogen (secondary N) is 2. The number of ether oxygens (including phenoxy) is 2. The molecule has 0 aliphatic carbocycles. The predicted molar refractivity (Wildman–Crippen MR) is 90.1 cm³/mol.